The highest BCUT2D eigenvalue weighted by molar-refractivity contribution is 7.85. The molecular weight excluding hydrogens is 352 g/mol. The van der Waals surface area contributed by atoms with E-state index in [1.807, 2.05) is 0 Å². The molecule has 0 aromatic carbocycles. The Bertz CT molecular complexity index is 626. The van der Waals surface area contributed by atoms with Crippen LogP contribution in [0.2, 0.25) is 0 Å². The molecule has 1 aromatic heterocycles. The van der Waals surface area contributed by atoms with E-state index in [2.05, 4.69) is 9.72 Å². The lowest BCUT2D eigenvalue weighted by Crippen LogP contribution is -2.23. The first-order valence-corrected chi connectivity index (χ1v) is 7.50. The van der Waals surface area contributed by atoms with E-state index in [1.165, 1.54) is 13.8 Å². The van der Waals surface area contributed by atoms with Crippen LogP contribution in [-0.4, -0.2) is 27.5 Å². The summed E-state index contributed by atoms with van der Waals surface area (Å²) in [5, 5.41) is 0. The summed E-state index contributed by atoms with van der Waals surface area (Å²) in [4.78, 5) is 13.3. The van der Waals surface area contributed by atoms with Gasteiger partial charge in [-0.15, -0.1) is 0 Å². The summed E-state index contributed by atoms with van der Waals surface area (Å²) in [7, 11) is -2.26. The zero-order valence-corrected chi connectivity index (χ0v) is 12.7. The van der Waals surface area contributed by atoms with E-state index in [9.17, 15) is 35.3 Å². The number of pyridine rings is 1. The second-order valence-electron chi connectivity index (χ2n) is 4.08. The lowest BCUT2D eigenvalue weighted by molar-refractivity contribution is -0.150. The van der Waals surface area contributed by atoms with Crippen molar-refractivity contribution in [2.24, 2.45) is 0 Å². The average Bonchev–Trinajstić information content (AvgIpc) is 2.43. The molecule has 0 aliphatic heterocycles. The second-order valence-corrected chi connectivity index (χ2v) is 5.79. The molecule has 0 radical (unpaired) electrons. The quantitative estimate of drug-likeness (QED) is 0.608. The number of esters is 1. The molecule has 0 saturated carbocycles. The topological polar surface area (TPSA) is 56.3 Å². The minimum atomic E-state index is -5.35. The van der Waals surface area contributed by atoms with Crippen LogP contribution >= 0.6 is 0 Å². The van der Waals surface area contributed by atoms with Gasteiger partial charge in [-0.2, -0.15) is 26.3 Å². The Morgan fingerprint density at radius 1 is 1.17 bits per heavy atom. The fourth-order valence-electron chi connectivity index (χ4n) is 1.61. The number of aromatic nitrogens is 1. The Morgan fingerprint density at radius 3 is 2.13 bits per heavy atom. The van der Waals surface area contributed by atoms with E-state index in [-0.39, 0.29) is 18.4 Å². The smallest absolute Gasteiger partial charge is 0.434 e. The molecule has 0 fully saturated rings. The van der Waals surface area contributed by atoms with E-state index in [1.54, 1.807) is 0 Å². The van der Waals surface area contributed by atoms with Crippen molar-refractivity contribution < 1.29 is 40.1 Å². The van der Waals surface area contributed by atoms with Crippen LogP contribution in [0.4, 0.5) is 26.3 Å². The summed E-state index contributed by atoms with van der Waals surface area (Å²) in [6.45, 7) is 2.28. The lowest BCUT2D eigenvalue weighted by atomic mass is 10.1. The highest BCUT2D eigenvalue weighted by Crippen LogP contribution is 2.37. The Kier molecular flexibility index (Phi) is 5.78. The van der Waals surface area contributed by atoms with Crippen molar-refractivity contribution in [1.29, 1.82) is 0 Å². The lowest BCUT2D eigenvalue weighted by Gasteiger charge is -2.17. The first-order valence-electron chi connectivity index (χ1n) is 6.18. The Balaban J connectivity index is 3.81. The van der Waals surface area contributed by atoms with Gasteiger partial charge in [0.05, 0.1) is 22.3 Å². The molecule has 0 N–H and O–H groups in total. The van der Waals surface area contributed by atoms with Crippen molar-refractivity contribution >= 4 is 16.8 Å². The van der Waals surface area contributed by atoms with Gasteiger partial charge in [0, 0.05) is 5.75 Å². The standard InChI is InChI=1S/C12H11F6NO3S/c1-3-22-10(20)8-6(23(21)4-2)5-7(11(13,14)15)19-9(8)12(16,17)18/h5H,3-4H2,1-2H3. The van der Waals surface area contributed by atoms with Gasteiger partial charge < -0.3 is 4.74 Å². The number of nitrogens with zero attached hydrogens (tertiary/aromatic N) is 1. The Morgan fingerprint density at radius 2 is 1.74 bits per heavy atom. The van der Waals surface area contributed by atoms with Crippen molar-refractivity contribution in [2.75, 3.05) is 12.4 Å². The number of rotatable bonds is 4. The highest BCUT2D eigenvalue weighted by atomic mass is 32.2. The van der Waals surface area contributed by atoms with Crippen LogP contribution in [0.1, 0.15) is 35.6 Å². The zero-order valence-electron chi connectivity index (χ0n) is 11.8. The average molecular weight is 363 g/mol. The largest absolute Gasteiger partial charge is 0.462 e. The highest BCUT2D eigenvalue weighted by Gasteiger charge is 2.44. The van der Waals surface area contributed by atoms with Crippen LogP contribution in [0.3, 0.4) is 0 Å². The molecular formula is C12H11F6NO3S. The van der Waals surface area contributed by atoms with Crippen LogP contribution in [-0.2, 0) is 27.9 Å². The molecule has 0 aliphatic carbocycles. The number of ether oxygens (including phenoxy) is 1. The molecule has 130 valence electrons. The van der Waals surface area contributed by atoms with Crippen molar-refractivity contribution in [1.82, 2.24) is 4.98 Å². The second kappa shape index (κ2) is 6.85. The molecule has 0 saturated heterocycles. The van der Waals surface area contributed by atoms with Crippen LogP contribution < -0.4 is 0 Å². The maximum Gasteiger partial charge on any atom is 0.434 e. The molecule has 23 heavy (non-hydrogen) atoms. The van der Waals surface area contributed by atoms with Gasteiger partial charge in [-0.25, -0.2) is 9.78 Å². The van der Waals surface area contributed by atoms with Gasteiger partial charge in [-0.05, 0) is 13.0 Å². The van der Waals surface area contributed by atoms with Gasteiger partial charge in [0.25, 0.3) is 0 Å². The van der Waals surface area contributed by atoms with E-state index in [4.69, 9.17) is 0 Å². The molecule has 1 rings (SSSR count). The first kappa shape index (κ1) is 19.4. The SMILES string of the molecule is CCOC(=O)c1c(S(=O)CC)cc(C(F)(F)F)nc1C(F)(F)F. The predicted molar refractivity (Wildman–Crippen MR) is 67.1 cm³/mol. The van der Waals surface area contributed by atoms with Gasteiger partial charge >= 0.3 is 18.3 Å². The normalized spacial score (nSPS) is 13.7. The number of carbonyl (C=O) groups is 1. The van der Waals surface area contributed by atoms with E-state index in [0.717, 1.165) is 0 Å². The van der Waals surface area contributed by atoms with Crippen LogP contribution in [0, 0.1) is 0 Å². The summed E-state index contributed by atoms with van der Waals surface area (Å²) < 4.78 is 93.6. The molecule has 1 heterocycles. The van der Waals surface area contributed by atoms with Crippen molar-refractivity contribution in [3.05, 3.63) is 23.0 Å². The van der Waals surface area contributed by atoms with Gasteiger partial charge in [-0.3, -0.25) is 4.21 Å². The summed E-state index contributed by atoms with van der Waals surface area (Å²) in [6, 6.07) is 0.182. The third kappa shape index (κ3) is 4.43. The van der Waals surface area contributed by atoms with E-state index < -0.39 is 51.0 Å². The maximum atomic E-state index is 13.0. The molecule has 0 amide bonds. The molecule has 1 atom stereocenters. The van der Waals surface area contributed by atoms with Crippen molar-refractivity contribution in [3.63, 3.8) is 0 Å². The Labute approximate surface area is 129 Å². The number of carbonyl (C=O) groups excluding carboxylic acids is 1. The molecule has 0 bridgehead atoms. The summed E-state index contributed by atoms with van der Waals surface area (Å²) in [5.74, 6) is -1.82. The molecule has 11 heteroatoms. The third-order valence-electron chi connectivity index (χ3n) is 2.53. The number of hydrogen-bond acceptors (Lipinski definition) is 4. The third-order valence-corrected chi connectivity index (χ3v) is 3.87. The van der Waals surface area contributed by atoms with Gasteiger partial charge in [0.1, 0.15) is 11.3 Å². The predicted octanol–water partition coefficient (Wildman–Crippen LogP) is 3.42. The summed E-state index contributed by atoms with van der Waals surface area (Å²) in [6.07, 6.45) is -10.5. The van der Waals surface area contributed by atoms with Gasteiger partial charge in [-0.1, -0.05) is 6.92 Å². The number of halogens is 6. The first-order chi connectivity index (χ1) is 10.4. The van der Waals surface area contributed by atoms with Gasteiger partial charge in [0.2, 0.25) is 0 Å². The van der Waals surface area contributed by atoms with E-state index in [0.29, 0.717) is 0 Å². The number of hydrogen-bond donors (Lipinski definition) is 0. The van der Waals surface area contributed by atoms with Crippen LogP contribution in [0.5, 0.6) is 0 Å². The number of alkyl halides is 6. The van der Waals surface area contributed by atoms with Crippen molar-refractivity contribution in [3.8, 4) is 0 Å². The summed E-state index contributed by atoms with van der Waals surface area (Å²) in [5.41, 5.74) is -5.20. The minimum absolute atomic E-state index is 0.182. The van der Waals surface area contributed by atoms with Crippen molar-refractivity contribution in [2.45, 2.75) is 31.1 Å². The monoisotopic (exact) mass is 363 g/mol. The summed E-state index contributed by atoms with van der Waals surface area (Å²) >= 11 is 0. The van der Waals surface area contributed by atoms with Gasteiger partial charge in [0.15, 0.2) is 5.69 Å². The van der Waals surface area contributed by atoms with Crippen LogP contribution in [0.15, 0.2) is 11.0 Å². The Hall–Kier alpha value is -1.65. The minimum Gasteiger partial charge on any atom is -0.462 e. The molecule has 1 unspecified atom stereocenters. The van der Waals surface area contributed by atoms with Crippen LogP contribution in [0.25, 0.3) is 0 Å². The molecule has 0 aliphatic rings. The maximum absolute atomic E-state index is 13.0. The molecule has 0 spiro atoms. The fraction of sp³-hybridized carbons (Fsp3) is 0.500. The molecule has 4 nitrogen and oxygen atoms in total. The molecule has 1 aromatic rings. The van der Waals surface area contributed by atoms with E-state index >= 15 is 0 Å². The zero-order chi connectivity index (χ0) is 18.0. The fourth-order valence-corrected chi connectivity index (χ4v) is 2.57.